The smallest absolute Gasteiger partial charge is 0.263 e. The maximum Gasteiger partial charge on any atom is 0.516 e. The van der Waals surface area contributed by atoms with Crippen molar-refractivity contribution in [2.45, 2.75) is 11.7 Å². The number of nitrogens with one attached hydrogen (secondary N) is 1. The zero-order chi connectivity index (χ0) is 28.7. The summed E-state index contributed by atoms with van der Waals surface area (Å²) in [6, 6.07) is 43.8. The fraction of sp³-hybridized carbons (Fsp3) is 0.0741. The lowest BCUT2D eigenvalue weighted by molar-refractivity contribution is -0.171. The highest BCUT2D eigenvalue weighted by atomic mass is 32.2. The van der Waals surface area contributed by atoms with Gasteiger partial charge in [-0.1, -0.05) is 72.8 Å². The van der Waals surface area contributed by atoms with Crippen molar-refractivity contribution in [3.8, 4) is 0 Å². The summed E-state index contributed by atoms with van der Waals surface area (Å²) in [5.74, 6) is -3.20. The summed E-state index contributed by atoms with van der Waals surface area (Å²) in [5.41, 5.74) is -5.96. The van der Waals surface area contributed by atoms with Crippen molar-refractivity contribution in [1.82, 2.24) is 4.72 Å². The van der Waals surface area contributed by atoms with Crippen molar-refractivity contribution in [1.29, 1.82) is 0 Å². The molecular weight excluding hydrogens is 563 g/mol. The van der Waals surface area contributed by atoms with Crippen LogP contribution in [-0.2, 0) is 14.8 Å². The minimum Gasteiger partial charge on any atom is -0.263 e. The summed E-state index contributed by atoms with van der Waals surface area (Å²) in [6.45, 7) is 0. The molecule has 4 nitrogen and oxygen atoms in total. The van der Waals surface area contributed by atoms with Crippen LogP contribution in [-0.4, -0.2) is 26.0 Å². The van der Waals surface area contributed by atoms with E-state index in [0.29, 0.717) is 0 Å². The molecule has 39 heavy (non-hydrogen) atoms. The second-order valence-electron chi connectivity index (χ2n) is 7.89. The molecule has 0 aromatic heterocycles. The number of sulfonamides is 1. The molecule has 0 spiro atoms. The van der Waals surface area contributed by atoms with Crippen LogP contribution in [0.4, 0.5) is 26.3 Å². The summed E-state index contributed by atoms with van der Waals surface area (Å²) < 4.78 is 87.9. The van der Waals surface area contributed by atoms with Gasteiger partial charge in [-0.05, 0) is 48.5 Å². The van der Waals surface area contributed by atoms with E-state index in [1.54, 1.807) is 0 Å². The average molecular weight is 584 g/mol. The number of amides is 1. The summed E-state index contributed by atoms with van der Waals surface area (Å²) in [7, 11) is -8.21. The van der Waals surface area contributed by atoms with Gasteiger partial charge in [-0.3, -0.25) is 4.79 Å². The molecule has 4 rings (SSSR count). The normalized spacial score (nSPS) is 12.2. The van der Waals surface area contributed by atoms with Gasteiger partial charge in [-0.2, -0.15) is 34.8 Å². The molecule has 4 aromatic rings. The van der Waals surface area contributed by atoms with Gasteiger partial charge in [0.25, 0.3) is 0 Å². The highest BCUT2D eigenvalue weighted by molar-refractivity contribution is 8.01. The van der Waals surface area contributed by atoms with Crippen molar-refractivity contribution in [2.75, 3.05) is 0 Å². The molecule has 0 fully saturated rings. The van der Waals surface area contributed by atoms with E-state index in [2.05, 4.69) is 121 Å². The Morgan fingerprint density at radius 1 is 0.538 bits per heavy atom. The summed E-state index contributed by atoms with van der Waals surface area (Å²) in [5, 5.41) is 5.55. The van der Waals surface area contributed by atoms with E-state index in [4.69, 9.17) is 0 Å². The number of alkyl halides is 6. The standard InChI is InChI=1S/C24H20P.C3HF6NO3S/c1-5-13-21(14-6-1)25(22-15-7-2-8-16-22,23-17-9-3-10-18-23)24-19-11-4-12-20-24;4-2(5,6)1(11)10-14(12,13)3(7,8)9/h1-20H;(H,10,11)/q+1;. The lowest BCUT2D eigenvalue weighted by atomic mass is 10.3. The first-order chi connectivity index (χ1) is 18.3. The summed E-state index contributed by atoms with van der Waals surface area (Å²) in [4.78, 5) is 9.81. The van der Waals surface area contributed by atoms with E-state index in [0.717, 1.165) is 0 Å². The third-order valence-corrected chi connectivity index (χ3v) is 10.7. The minimum atomic E-state index is -6.30. The quantitative estimate of drug-likeness (QED) is 0.270. The van der Waals surface area contributed by atoms with Crippen molar-refractivity contribution >= 4 is 44.4 Å². The molecule has 0 saturated heterocycles. The van der Waals surface area contributed by atoms with Crippen LogP contribution < -0.4 is 25.9 Å². The zero-order valence-electron chi connectivity index (χ0n) is 19.9. The summed E-state index contributed by atoms with van der Waals surface area (Å²) in [6.07, 6.45) is -5.70. The van der Waals surface area contributed by atoms with E-state index < -0.39 is 34.9 Å². The molecule has 0 heterocycles. The number of carbonyl (C=O) groups excluding carboxylic acids is 1. The highest BCUT2D eigenvalue weighted by Gasteiger charge is 2.51. The maximum atomic E-state index is 11.4. The van der Waals surface area contributed by atoms with Crippen molar-refractivity contribution in [3.05, 3.63) is 121 Å². The molecular formula is C27H21F6NO3PS+. The lowest BCUT2D eigenvalue weighted by Gasteiger charge is -2.27. The topological polar surface area (TPSA) is 63.2 Å². The minimum absolute atomic E-state index is 0.181. The van der Waals surface area contributed by atoms with Crippen LogP contribution in [0, 0.1) is 0 Å². The largest absolute Gasteiger partial charge is 0.516 e. The second kappa shape index (κ2) is 12.0. The Morgan fingerprint density at radius 3 is 1.00 bits per heavy atom. The number of halogens is 6. The molecule has 0 radical (unpaired) electrons. The van der Waals surface area contributed by atoms with Crippen LogP contribution >= 0.6 is 7.26 Å². The monoisotopic (exact) mass is 584 g/mol. The predicted octanol–water partition coefficient (Wildman–Crippen LogP) is 4.82. The number of benzene rings is 4. The molecule has 204 valence electrons. The van der Waals surface area contributed by atoms with Crippen LogP contribution in [0.3, 0.4) is 0 Å². The predicted molar refractivity (Wildman–Crippen MR) is 140 cm³/mol. The average Bonchev–Trinajstić information content (AvgIpc) is 2.91. The van der Waals surface area contributed by atoms with Crippen molar-refractivity contribution < 1.29 is 39.6 Å². The number of rotatable bonds is 5. The van der Waals surface area contributed by atoms with Gasteiger partial charge in [0.05, 0.1) is 0 Å². The number of hydrogen-bond donors (Lipinski definition) is 1. The number of hydrogen-bond acceptors (Lipinski definition) is 3. The second-order valence-corrected chi connectivity index (χ2v) is 13.0. The van der Waals surface area contributed by atoms with Gasteiger partial charge < -0.3 is 0 Å². The van der Waals surface area contributed by atoms with Crippen LogP contribution in [0.1, 0.15) is 0 Å². The molecule has 0 bridgehead atoms. The molecule has 0 saturated carbocycles. The Bertz CT molecular complexity index is 1300. The zero-order valence-corrected chi connectivity index (χ0v) is 21.6. The SMILES string of the molecule is O=C(NS(=O)(=O)C(F)(F)F)C(F)(F)F.c1ccc([P+](c2ccccc2)(c2ccccc2)c2ccccc2)cc1. The first-order valence-corrected chi connectivity index (χ1v) is 14.4. The van der Waals surface area contributed by atoms with Crippen LogP contribution in [0.25, 0.3) is 0 Å². The molecule has 1 amide bonds. The van der Waals surface area contributed by atoms with Gasteiger partial charge in [-0.15, -0.1) is 0 Å². The van der Waals surface area contributed by atoms with Crippen LogP contribution in [0.5, 0.6) is 0 Å². The van der Waals surface area contributed by atoms with E-state index in [1.165, 1.54) is 21.2 Å². The van der Waals surface area contributed by atoms with E-state index in [1.807, 2.05) is 0 Å². The molecule has 0 aliphatic heterocycles. The molecule has 12 heteroatoms. The van der Waals surface area contributed by atoms with Crippen molar-refractivity contribution in [3.63, 3.8) is 0 Å². The third kappa shape index (κ3) is 6.85. The molecule has 1 N–H and O–H groups in total. The van der Waals surface area contributed by atoms with E-state index in [-0.39, 0.29) is 4.72 Å². The van der Waals surface area contributed by atoms with Crippen LogP contribution in [0.15, 0.2) is 121 Å². The molecule has 4 aromatic carbocycles. The summed E-state index contributed by atoms with van der Waals surface area (Å²) >= 11 is 0. The Balaban J connectivity index is 0.000000258. The first kappa shape index (κ1) is 29.9. The molecule has 0 aliphatic carbocycles. The Kier molecular flexibility index (Phi) is 9.19. The van der Waals surface area contributed by atoms with Crippen molar-refractivity contribution in [2.24, 2.45) is 0 Å². The third-order valence-electron chi connectivity index (χ3n) is 5.36. The number of carbonyl (C=O) groups is 1. The van der Waals surface area contributed by atoms with Gasteiger partial charge in [0.2, 0.25) is 0 Å². The van der Waals surface area contributed by atoms with Gasteiger partial charge >= 0.3 is 27.6 Å². The molecule has 0 aliphatic rings. The van der Waals surface area contributed by atoms with E-state index >= 15 is 0 Å². The first-order valence-electron chi connectivity index (χ1n) is 11.1. The fourth-order valence-electron chi connectivity index (χ4n) is 3.74. The van der Waals surface area contributed by atoms with Gasteiger partial charge in [0, 0.05) is 0 Å². The molecule has 0 atom stereocenters. The Morgan fingerprint density at radius 2 is 0.795 bits per heavy atom. The Labute approximate surface area is 221 Å². The maximum absolute atomic E-state index is 11.4. The Hall–Kier alpha value is -3.69. The van der Waals surface area contributed by atoms with E-state index in [9.17, 15) is 39.6 Å². The van der Waals surface area contributed by atoms with Crippen LogP contribution in [0.2, 0.25) is 0 Å². The fourth-order valence-corrected chi connectivity index (χ4v) is 8.48. The van der Waals surface area contributed by atoms with Gasteiger partial charge in [0.1, 0.15) is 28.5 Å². The van der Waals surface area contributed by atoms with Gasteiger partial charge in [0.15, 0.2) is 0 Å². The van der Waals surface area contributed by atoms with Gasteiger partial charge in [-0.25, -0.2) is 4.72 Å². The lowest BCUT2D eigenvalue weighted by Crippen LogP contribution is -2.46. The molecule has 0 unspecified atom stereocenters. The highest BCUT2D eigenvalue weighted by Crippen LogP contribution is 2.53.